The molecule has 0 aliphatic carbocycles. The van der Waals surface area contributed by atoms with E-state index in [-0.39, 0.29) is 0 Å². The third kappa shape index (κ3) is 1.70. The van der Waals surface area contributed by atoms with Crippen molar-refractivity contribution in [1.29, 1.82) is 0 Å². The van der Waals surface area contributed by atoms with E-state index in [0.29, 0.717) is 0 Å². The number of aliphatic hydroxyl groups is 1. The van der Waals surface area contributed by atoms with Gasteiger partial charge in [0.2, 0.25) is 5.95 Å². The van der Waals surface area contributed by atoms with Crippen LogP contribution in [0.4, 0.5) is 5.95 Å². The average molecular weight is 197 g/mol. The molecule has 6 nitrogen and oxygen atoms in total. The molecule has 0 bridgehead atoms. The Morgan fingerprint density at radius 1 is 1.36 bits per heavy atom. The lowest BCUT2D eigenvalue weighted by atomic mass is 9.94. The molecule has 0 radical (unpaired) electrons. The topological polar surface area (TPSA) is 67.1 Å². The van der Waals surface area contributed by atoms with Crippen LogP contribution in [0.15, 0.2) is 0 Å². The lowest BCUT2D eigenvalue weighted by molar-refractivity contribution is 0.0347. The van der Waals surface area contributed by atoms with Gasteiger partial charge in [-0.05, 0) is 30.2 Å². The molecule has 1 N–H and O–H groups in total. The first-order chi connectivity index (χ1) is 6.58. The van der Waals surface area contributed by atoms with Gasteiger partial charge in [-0.3, -0.25) is 0 Å². The highest BCUT2D eigenvalue weighted by atomic mass is 16.3. The van der Waals surface area contributed by atoms with Crippen LogP contribution >= 0.6 is 0 Å². The van der Waals surface area contributed by atoms with Gasteiger partial charge in [0.05, 0.1) is 5.60 Å². The third-order valence-electron chi connectivity index (χ3n) is 2.72. The summed E-state index contributed by atoms with van der Waals surface area (Å²) >= 11 is 0. The van der Waals surface area contributed by atoms with Crippen molar-refractivity contribution in [2.45, 2.75) is 25.4 Å². The molecule has 0 saturated carbocycles. The van der Waals surface area contributed by atoms with Gasteiger partial charge in [0, 0.05) is 20.1 Å². The maximum Gasteiger partial charge on any atom is 0.245 e. The summed E-state index contributed by atoms with van der Waals surface area (Å²) in [5, 5.41) is 21.1. The van der Waals surface area contributed by atoms with Crippen LogP contribution in [0.2, 0.25) is 0 Å². The molecule has 78 valence electrons. The zero-order chi connectivity index (χ0) is 10.2. The van der Waals surface area contributed by atoms with Crippen molar-refractivity contribution in [1.82, 2.24) is 20.2 Å². The highest BCUT2D eigenvalue weighted by molar-refractivity contribution is 5.28. The molecule has 1 aliphatic heterocycles. The average Bonchev–Trinajstić information content (AvgIpc) is 2.52. The molecule has 1 aliphatic rings. The van der Waals surface area contributed by atoms with Crippen LogP contribution in [-0.2, 0) is 7.05 Å². The minimum atomic E-state index is -0.525. The molecule has 2 rings (SSSR count). The van der Waals surface area contributed by atoms with Crippen LogP contribution in [0, 0.1) is 0 Å². The molecule has 0 aromatic carbocycles. The smallest absolute Gasteiger partial charge is 0.245 e. The molecule has 2 heterocycles. The van der Waals surface area contributed by atoms with E-state index in [0.717, 1.165) is 31.9 Å². The zero-order valence-electron chi connectivity index (χ0n) is 8.51. The summed E-state index contributed by atoms with van der Waals surface area (Å²) in [6.45, 7) is 3.49. The van der Waals surface area contributed by atoms with Gasteiger partial charge in [-0.25, -0.2) is 4.68 Å². The SMILES string of the molecule is Cn1nnnc1N1CCC(C)(O)CC1. The van der Waals surface area contributed by atoms with E-state index in [2.05, 4.69) is 20.4 Å². The summed E-state index contributed by atoms with van der Waals surface area (Å²) in [5.41, 5.74) is -0.525. The van der Waals surface area contributed by atoms with Crippen molar-refractivity contribution >= 4 is 5.95 Å². The molecule has 0 spiro atoms. The van der Waals surface area contributed by atoms with E-state index in [4.69, 9.17) is 0 Å². The molecule has 14 heavy (non-hydrogen) atoms. The Morgan fingerprint density at radius 2 is 2.00 bits per heavy atom. The van der Waals surface area contributed by atoms with Crippen LogP contribution in [0.3, 0.4) is 0 Å². The summed E-state index contributed by atoms with van der Waals surface area (Å²) in [7, 11) is 1.82. The minimum absolute atomic E-state index is 0.525. The summed E-state index contributed by atoms with van der Waals surface area (Å²) in [5.74, 6) is 0.778. The van der Waals surface area contributed by atoms with E-state index >= 15 is 0 Å². The second-order valence-electron chi connectivity index (χ2n) is 4.09. The number of hydrogen-bond acceptors (Lipinski definition) is 5. The largest absolute Gasteiger partial charge is 0.390 e. The molecule has 0 atom stereocenters. The fourth-order valence-corrected chi connectivity index (χ4v) is 1.68. The fraction of sp³-hybridized carbons (Fsp3) is 0.875. The molecule has 0 unspecified atom stereocenters. The van der Waals surface area contributed by atoms with Crippen LogP contribution in [0.1, 0.15) is 19.8 Å². The predicted octanol–water partition coefficient (Wildman–Crippen LogP) is -0.439. The van der Waals surface area contributed by atoms with Crippen molar-refractivity contribution < 1.29 is 5.11 Å². The highest BCUT2D eigenvalue weighted by Crippen LogP contribution is 2.23. The monoisotopic (exact) mass is 197 g/mol. The Labute approximate surface area is 82.5 Å². The van der Waals surface area contributed by atoms with Crippen LogP contribution in [-0.4, -0.2) is 44.0 Å². The first-order valence-electron chi connectivity index (χ1n) is 4.78. The summed E-state index contributed by atoms with van der Waals surface area (Å²) in [6.07, 6.45) is 1.53. The van der Waals surface area contributed by atoms with Gasteiger partial charge in [-0.15, -0.1) is 0 Å². The minimum Gasteiger partial charge on any atom is -0.390 e. The maximum absolute atomic E-state index is 9.77. The number of tetrazole rings is 1. The molecule has 1 saturated heterocycles. The van der Waals surface area contributed by atoms with Gasteiger partial charge >= 0.3 is 0 Å². The lowest BCUT2D eigenvalue weighted by Gasteiger charge is -2.35. The Hall–Kier alpha value is -1.17. The molecular weight excluding hydrogens is 182 g/mol. The standard InChI is InChI=1S/C8H15N5O/c1-8(14)3-5-13(6-4-8)7-9-10-11-12(7)2/h14H,3-6H2,1-2H3. The van der Waals surface area contributed by atoms with Gasteiger partial charge in [0.15, 0.2) is 0 Å². The molecule has 1 aromatic heterocycles. The summed E-state index contributed by atoms with van der Waals surface area (Å²) < 4.78 is 1.65. The lowest BCUT2D eigenvalue weighted by Crippen LogP contribution is -2.43. The maximum atomic E-state index is 9.77. The number of nitrogens with zero attached hydrogens (tertiary/aromatic N) is 5. The van der Waals surface area contributed by atoms with E-state index < -0.39 is 5.60 Å². The predicted molar refractivity (Wildman–Crippen MR) is 50.9 cm³/mol. The first kappa shape index (κ1) is 9.39. The zero-order valence-corrected chi connectivity index (χ0v) is 8.51. The van der Waals surface area contributed by atoms with Crippen LogP contribution in [0.5, 0.6) is 0 Å². The van der Waals surface area contributed by atoms with Crippen molar-refractivity contribution in [2.75, 3.05) is 18.0 Å². The Bertz CT molecular complexity index is 311. The van der Waals surface area contributed by atoms with E-state index in [1.807, 2.05) is 14.0 Å². The van der Waals surface area contributed by atoms with Gasteiger partial charge in [-0.2, -0.15) is 0 Å². The molecule has 0 amide bonds. The molecular formula is C8H15N5O. The fourth-order valence-electron chi connectivity index (χ4n) is 1.68. The Kier molecular flexibility index (Phi) is 2.14. The van der Waals surface area contributed by atoms with Gasteiger partial charge in [0.1, 0.15) is 0 Å². The van der Waals surface area contributed by atoms with E-state index in [1.54, 1.807) is 4.68 Å². The Morgan fingerprint density at radius 3 is 2.50 bits per heavy atom. The second-order valence-corrected chi connectivity index (χ2v) is 4.09. The van der Waals surface area contributed by atoms with Gasteiger partial charge in [-0.1, -0.05) is 5.10 Å². The molecule has 1 fully saturated rings. The van der Waals surface area contributed by atoms with Crippen molar-refractivity contribution in [3.05, 3.63) is 0 Å². The number of anilines is 1. The van der Waals surface area contributed by atoms with Gasteiger partial charge < -0.3 is 10.0 Å². The van der Waals surface area contributed by atoms with Gasteiger partial charge in [0.25, 0.3) is 0 Å². The second kappa shape index (κ2) is 3.20. The third-order valence-corrected chi connectivity index (χ3v) is 2.72. The molecule has 6 heteroatoms. The number of piperidine rings is 1. The van der Waals surface area contributed by atoms with Crippen LogP contribution < -0.4 is 4.90 Å². The van der Waals surface area contributed by atoms with E-state index in [9.17, 15) is 5.11 Å². The number of aryl methyl sites for hydroxylation is 1. The normalized spacial score (nSPS) is 21.2. The van der Waals surface area contributed by atoms with Crippen molar-refractivity contribution in [3.63, 3.8) is 0 Å². The summed E-state index contributed by atoms with van der Waals surface area (Å²) in [4.78, 5) is 2.10. The highest BCUT2D eigenvalue weighted by Gasteiger charge is 2.29. The van der Waals surface area contributed by atoms with Crippen molar-refractivity contribution in [2.24, 2.45) is 7.05 Å². The Balaban J connectivity index is 2.06. The first-order valence-corrected chi connectivity index (χ1v) is 4.78. The number of aromatic nitrogens is 4. The van der Waals surface area contributed by atoms with Crippen LogP contribution in [0.25, 0.3) is 0 Å². The quantitative estimate of drug-likeness (QED) is 0.661. The summed E-state index contributed by atoms with van der Waals surface area (Å²) in [6, 6.07) is 0. The van der Waals surface area contributed by atoms with Crippen molar-refractivity contribution in [3.8, 4) is 0 Å². The molecule has 1 aromatic rings. The van der Waals surface area contributed by atoms with E-state index in [1.165, 1.54) is 0 Å². The number of hydrogen-bond donors (Lipinski definition) is 1. The number of rotatable bonds is 1.